The fourth-order valence-corrected chi connectivity index (χ4v) is 3.61. The molecule has 0 unspecified atom stereocenters. The first-order chi connectivity index (χ1) is 9.82. The van der Waals surface area contributed by atoms with Crippen LogP contribution >= 0.6 is 11.6 Å². The highest BCUT2D eigenvalue weighted by atomic mass is 35.5. The molecule has 2 aromatic carbocycles. The number of hydrogen-bond donors (Lipinski definition) is 2. The van der Waals surface area contributed by atoms with Crippen LogP contribution in [0.2, 0.25) is 5.02 Å². The number of nitrogens with two attached hydrogens (primary N) is 1. The lowest BCUT2D eigenvalue weighted by atomic mass is 10.2. The third-order valence-corrected chi connectivity index (χ3v) is 5.02. The molecule has 0 aliphatic carbocycles. The number of carbonyl (C=O) groups is 1. The number of halogens is 1. The van der Waals surface area contributed by atoms with Crippen LogP contribution in [-0.4, -0.2) is 14.3 Å². The van der Waals surface area contributed by atoms with Crippen molar-refractivity contribution in [1.82, 2.24) is 0 Å². The van der Waals surface area contributed by atoms with E-state index in [9.17, 15) is 13.2 Å². The maximum atomic E-state index is 12.5. The molecule has 21 heavy (non-hydrogen) atoms. The summed E-state index contributed by atoms with van der Waals surface area (Å²) in [6.45, 7) is 1.34. The molecule has 0 radical (unpaired) electrons. The van der Waals surface area contributed by atoms with E-state index in [0.717, 1.165) is 0 Å². The first-order valence-corrected chi connectivity index (χ1v) is 7.85. The van der Waals surface area contributed by atoms with E-state index in [1.54, 1.807) is 12.1 Å². The molecule has 0 aliphatic rings. The van der Waals surface area contributed by atoms with Gasteiger partial charge < -0.3 is 11.1 Å². The van der Waals surface area contributed by atoms with Crippen molar-refractivity contribution in [3.63, 3.8) is 0 Å². The van der Waals surface area contributed by atoms with Gasteiger partial charge >= 0.3 is 0 Å². The molecule has 110 valence electrons. The van der Waals surface area contributed by atoms with Gasteiger partial charge in [-0.25, -0.2) is 8.42 Å². The Bertz CT molecular complexity index is 804. The van der Waals surface area contributed by atoms with Crippen molar-refractivity contribution in [2.45, 2.75) is 16.7 Å². The maximum absolute atomic E-state index is 12.5. The Kier molecular flexibility index (Phi) is 4.20. The Morgan fingerprint density at radius 3 is 2.43 bits per heavy atom. The van der Waals surface area contributed by atoms with Gasteiger partial charge in [0.15, 0.2) is 0 Å². The standard InChI is InChI=1S/C14H13ClN2O3S/c1-9(18)17-13-7-6-10(8-12(13)16)21(19,20)14-5-3-2-4-11(14)15/h2-8H,16H2,1H3,(H,17,18). The van der Waals surface area contributed by atoms with Gasteiger partial charge in [0.25, 0.3) is 0 Å². The molecule has 0 bridgehead atoms. The zero-order valence-electron chi connectivity index (χ0n) is 11.1. The van der Waals surface area contributed by atoms with Crippen molar-refractivity contribution < 1.29 is 13.2 Å². The second kappa shape index (κ2) is 5.75. The van der Waals surface area contributed by atoms with E-state index in [2.05, 4.69) is 5.32 Å². The van der Waals surface area contributed by atoms with Crippen molar-refractivity contribution >= 4 is 38.7 Å². The second-order valence-corrected chi connectivity index (χ2v) is 6.69. The monoisotopic (exact) mass is 324 g/mol. The Morgan fingerprint density at radius 1 is 1.19 bits per heavy atom. The predicted molar refractivity (Wildman–Crippen MR) is 82.1 cm³/mol. The summed E-state index contributed by atoms with van der Waals surface area (Å²) in [6.07, 6.45) is 0. The molecule has 3 N–H and O–H groups in total. The van der Waals surface area contributed by atoms with E-state index >= 15 is 0 Å². The van der Waals surface area contributed by atoms with Crippen molar-refractivity contribution in [3.8, 4) is 0 Å². The van der Waals surface area contributed by atoms with Crippen molar-refractivity contribution in [2.24, 2.45) is 0 Å². The highest BCUT2D eigenvalue weighted by molar-refractivity contribution is 7.91. The molecule has 1 amide bonds. The van der Waals surface area contributed by atoms with Gasteiger partial charge in [0, 0.05) is 6.92 Å². The van der Waals surface area contributed by atoms with Gasteiger partial charge in [-0.05, 0) is 30.3 Å². The fraction of sp³-hybridized carbons (Fsp3) is 0.0714. The molecule has 0 fully saturated rings. The summed E-state index contributed by atoms with van der Waals surface area (Å²) in [5.41, 5.74) is 6.30. The van der Waals surface area contributed by atoms with Crippen LogP contribution in [0.4, 0.5) is 11.4 Å². The van der Waals surface area contributed by atoms with Crippen molar-refractivity contribution in [1.29, 1.82) is 0 Å². The second-order valence-electron chi connectivity index (χ2n) is 4.36. The minimum Gasteiger partial charge on any atom is -0.397 e. The van der Waals surface area contributed by atoms with Crippen LogP contribution < -0.4 is 11.1 Å². The van der Waals surface area contributed by atoms with Crippen LogP contribution in [0.25, 0.3) is 0 Å². The number of rotatable bonds is 3. The number of benzene rings is 2. The number of nitrogen functional groups attached to an aromatic ring is 1. The summed E-state index contributed by atoms with van der Waals surface area (Å²) in [6, 6.07) is 10.3. The molecular formula is C14H13ClN2O3S. The predicted octanol–water partition coefficient (Wildman–Crippen LogP) is 2.71. The molecule has 5 nitrogen and oxygen atoms in total. The normalized spacial score (nSPS) is 11.1. The zero-order chi connectivity index (χ0) is 15.6. The van der Waals surface area contributed by atoms with Crippen LogP contribution in [0.1, 0.15) is 6.92 Å². The molecule has 0 heterocycles. The van der Waals surface area contributed by atoms with Crippen LogP contribution in [0.3, 0.4) is 0 Å². The molecule has 7 heteroatoms. The summed E-state index contributed by atoms with van der Waals surface area (Å²) < 4.78 is 25.0. The van der Waals surface area contributed by atoms with Gasteiger partial charge in [0.05, 0.1) is 26.2 Å². The summed E-state index contributed by atoms with van der Waals surface area (Å²) in [7, 11) is -3.76. The lowest BCUT2D eigenvalue weighted by molar-refractivity contribution is -0.114. The Morgan fingerprint density at radius 2 is 1.86 bits per heavy atom. The van der Waals surface area contributed by atoms with Gasteiger partial charge in [0.1, 0.15) is 0 Å². The number of anilines is 2. The van der Waals surface area contributed by atoms with E-state index < -0.39 is 9.84 Å². The molecule has 0 atom stereocenters. The van der Waals surface area contributed by atoms with E-state index in [1.165, 1.54) is 37.3 Å². The van der Waals surface area contributed by atoms with Gasteiger partial charge in [-0.15, -0.1) is 0 Å². The molecule has 0 saturated heterocycles. The van der Waals surface area contributed by atoms with Gasteiger partial charge in [-0.2, -0.15) is 0 Å². The Labute approximate surface area is 127 Å². The summed E-state index contributed by atoms with van der Waals surface area (Å²) in [4.78, 5) is 11.0. The van der Waals surface area contributed by atoms with Crippen molar-refractivity contribution in [3.05, 3.63) is 47.5 Å². The van der Waals surface area contributed by atoms with Crippen LogP contribution in [0.5, 0.6) is 0 Å². The van der Waals surface area contributed by atoms with Crippen molar-refractivity contribution in [2.75, 3.05) is 11.1 Å². The lowest BCUT2D eigenvalue weighted by Crippen LogP contribution is -2.09. The lowest BCUT2D eigenvalue weighted by Gasteiger charge is -2.10. The SMILES string of the molecule is CC(=O)Nc1ccc(S(=O)(=O)c2ccccc2Cl)cc1N. The summed E-state index contributed by atoms with van der Waals surface area (Å²) in [5, 5.41) is 2.66. The topological polar surface area (TPSA) is 89.3 Å². The van der Waals surface area contributed by atoms with Gasteiger partial charge in [-0.3, -0.25) is 4.79 Å². The summed E-state index contributed by atoms with van der Waals surface area (Å²) in [5.74, 6) is -0.289. The van der Waals surface area contributed by atoms with E-state index in [0.29, 0.717) is 5.69 Å². The number of nitrogens with one attached hydrogen (secondary N) is 1. The van der Waals surface area contributed by atoms with E-state index in [-0.39, 0.29) is 26.4 Å². The van der Waals surface area contributed by atoms with Crippen LogP contribution in [-0.2, 0) is 14.6 Å². The summed E-state index contributed by atoms with van der Waals surface area (Å²) >= 11 is 5.93. The van der Waals surface area contributed by atoms with Gasteiger partial charge in [-0.1, -0.05) is 23.7 Å². The van der Waals surface area contributed by atoms with E-state index in [4.69, 9.17) is 17.3 Å². The third kappa shape index (κ3) is 3.17. The van der Waals surface area contributed by atoms with Crippen LogP contribution in [0, 0.1) is 0 Å². The highest BCUT2D eigenvalue weighted by Gasteiger charge is 2.21. The number of amides is 1. The first kappa shape index (κ1) is 15.3. The molecule has 0 aromatic heterocycles. The minimum atomic E-state index is -3.76. The fourth-order valence-electron chi connectivity index (χ4n) is 1.80. The molecule has 0 spiro atoms. The third-order valence-electron chi connectivity index (χ3n) is 2.77. The molecule has 2 rings (SSSR count). The number of carbonyl (C=O) groups excluding carboxylic acids is 1. The first-order valence-electron chi connectivity index (χ1n) is 5.99. The Hall–Kier alpha value is -2.05. The molecular weight excluding hydrogens is 312 g/mol. The smallest absolute Gasteiger partial charge is 0.221 e. The largest absolute Gasteiger partial charge is 0.397 e. The zero-order valence-corrected chi connectivity index (χ0v) is 12.7. The Balaban J connectivity index is 2.49. The van der Waals surface area contributed by atoms with E-state index in [1.807, 2.05) is 0 Å². The molecule has 0 aliphatic heterocycles. The molecule has 2 aromatic rings. The molecule has 0 saturated carbocycles. The van der Waals surface area contributed by atoms with Gasteiger partial charge in [0.2, 0.25) is 15.7 Å². The highest BCUT2D eigenvalue weighted by Crippen LogP contribution is 2.30. The average molecular weight is 325 g/mol. The average Bonchev–Trinajstić information content (AvgIpc) is 2.40. The number of sulfone groups is 1. The quantitative estimate of drug-likeness (QED) is 0.849. The maximum Gasteiger partial charge on any atom is 0.221 e. The van der Waals surface area contributed by atoms with Crippen LogP contribution in [0.15, 0.2) is 52.3 Å². The minimum absolute atomic E-state index is 0.0124. The number of hydrogen-bond acceptors (Lipinski definition) is 4.